The zero-order valence-corrected chi connectivity index (χ0v) is 8.23. The number of benzene rings is 1. The summed E-state index contributed by atoms with van der Waals surface area (Å²) in [5.74, 6) is 0. The first-order valence-electron chi connectivity index (χ1n) is 3.12. The maximum absolute atomic E-state index is 12.2. The van der Waals surface area contributed by atoms with E-state index in [1.54, 1.807) is 0 Å². The van der Waals surface area contributed by atoms with Gasteiger partial charge in [0.1, 0.15) is 0 Å². The Balaban J connectivity index is 3.20. The molecular weight excluding hydrogens is 306 g/mol. The van der Waals surface area contributed by atoms with Crippen LogP contribution in [0.25, 0.3) is 0 Å². The van der Waals surface area contributed by atoms with E-state index in [1.807, 2.05) is 0 Å². The van der Waals surface area contributed by atoms with Gasteiger partial charge < -0.3 is 0 Å². The predicted octanol–water partition coefficient (Wildman–Crippen LogP) is 4.15. The van der Waals surface area contributed by atoms with Crippen LogP contribution in [0.1, 0.15) is 5.56 Å². The summed E-state index contributed by atoms with van der Waals surface area (Å²) in [5.41, 5.74) is -1.20. The topological polar surface area (TPSA) is 0 Å². The van der Waals surface area contributed by atoms with Crippen LogP contribution in [0.3, 0.4) is 0 Å². The summed E-state index contributed by atoms with van der Waals surface area (Å²) in [6, 6.07) is 3.81. The van der Waals surface area contributed by atoms with Crippen LogP contribution in [0.5, 0.6) is 0 Å². The Morgan fingerprint density at radius 3 is 1.92 bits per heavy atom. The molecule has 0 fully saturated rings. The van der Waals surface area contributed by atoms with Gasteiger partial charge in [-0.25, -0.2) is 0 Å². The fourth-order valence-corrected chi connectivity index (χ4v) is 2.22. The molecule has 6 heteroatoms. The van der Waals surface area contributed by atoms with Crippen LogP contribution in [-0.4, -0.2) is 0 Å². The van der Waals surface area contributed by atoms with E-state index in [1.165, 1.54) is 6.07 Å². The van der Waals surface area contributed by atoms with Crippen molar-refractivity contribution >= 4 is 21.0 Å². The number of alkyl halides is 3. The van der Waals surface area contributed by atoms with E-state index >= 15 is 0 Å². The SMILES string of the molecule is FI(F)c1ccccc1C(F)(F)F. The summed E-state index contributed by atoms with van der Waals surface area (Å²) in [4.78, 5) is 0. The molecule has 0 aliphatic carbocycles. The molecule has 0 saturated carbocycles. The van der Waals surface area contributed by atoms with E-state index in [0.29, 0.717) is 6.07 Å². The van der Waals surface area contributed by atoms with Gasteiger partial charge in [-0.3, -0.25) is 0 Å². The van der Waals surface area contributed by atoms with Gasteiger partial charge in [0.25, 0.3) is 0 Å². The molecule has 0 heterocycles. The molecule has 74 valence electrons. The van der Waals surface area contributed by atoms with E-state index in [4.69, 9.17) is 0 Å². The Morgan fingerprint density at radius 2 is 1.54 bits per heavy atom. The molecule has 13 heavy (non-hydrogen) atoms. The second-order valence-corrected chi connectivity index (χ2v) is 4.46. The molecule has 0 saturated heterocycles. The fourth-order valence-electron chi connectivity index (χ4n) is 0.816. The minimum atomic E-state index is -4.68. The van der Waals surface area contributed by atoms with Crippen molar-refractivity contribution in [3.63, 3.8) is 0 Å². The summed E-state index contributed by atoms with van der Waals surface area (Å²) >= 11 is -4.55. The number of rotatable bonds is 1. The van der Waals surface area contributed by atoms with Crippen LogP contribution in [0.15, 0.2) is 24.3 Å². The number of hydrogen-bond donors (Lipinski definition) is 0. The molecule has 0 atom stereocenters. The summed E-state index contributed by atoms with van der Waals surface area (Å²) in [6.07, 6.45) is -4.68. The molecule has 1 aromatic carbocycles. The van der Waals surface area contributed by atoms with Crippen molar-refractivity contribution in [2.24, 2.45) is 0 Å². The quantitative estimate of drug-likeness (QED) is 0.540. The predicted molar refractivity (Wildman–Crippen MR) is 46.4 cm³/mol. The van der Waals surface area contributed by atoms with Crippen molar-refractivity contribution in [1.29, 1.82) is 0 Å². The van der Waals surface area contributed by atoms with Crippen molar-refractivity contribution < 1.29 is 18.9 Å². The Hall–Kier alpha value is -0.400. The van der Waals surface area contributed by atoms with E-state index in [9.17, 15) is 18.9 Å². The number of halogens is 6. The van der Waals surface area contributed by atoms with Crippen LogP contribution < -0.4 is 0 Å². The maximum atomic E-state index is 12.2. The molecule has 0 aliphatic heterocycles. The normalized spacial score (nSPS) is 12.8. The molecule has 0 radical (unpaired) electrons. The van der Waals surface area contributed by atoms with Crippen LogP contribution in [0.4, 0.5) is 18.9 Å². The molecule has 0 N–H and O–H groups in total. The standard InChI is InChI=1S/C7H4F5I/c8-7(9,10)5-3-1-2-4-6(5)13(11)12/h1-4H. The third-order valence-electron chi connectivity index (χ3n) is 1.33. The summed E-state index contributed by atoms with van der Waals surface area (Å²) in [6.45, 7) is 0. The molecule has 0 unspecified atom stereocenters. The second-order valence-electron chi connectivity index (χ2n) is 2.17. The van der Waals surface area contributed by atoms with Gasteiger partial charge >= 0.3 is 79.4 Å². The van der Waals surface area contributed by atoms with Crippen LogP contribution in [-0.2, 0) is 6.18 Å². The Morgan fingerprint density at radius 1 is 1.00 bits per heavy atom. The molecule has 0 aliphatic rings. The van der Waals surface area contributed by atoms with Crippen molar-refractivity contribution in [3.05, 3.63) is 33.4 Å². The monoisotopic (exact) mass is 310 g/mol. The number of hydrogen-bond acceptors (Lipinski definition) is 0. The first-order valence-corrected chi connectivity index (χ1v) is 5.83. The first kappa shape index (κ1) is 10.7. The van der Waals surface area contributed by atoms with Gasteiger partial charge in [0.15, 0.2) is 0 Å². The molecule has 0 nitrogen and oxygen atoms in total. The van der Waals surface area contributed by atoms with Crippen LogP contribution in [0.2, 0.25) is 0 Å². The van der Waals surface area contributed by atoms with E-state index in [-0.39, 0.29) is 0 Å². The van der Waals surface area contributed by atoms with Crippen LogP contribution in [0, 0.1) is 3.57 Å². The van der Waals surface area contributed by atoms with E-state index in [2.05, 4.69) is 0 Å². The van der Waals surface area contributed by atoms with Crippen molar-refractivity contribution in [1.82, 2.24) is 0 Å². The van der Waals surface area contributed by atoms with Crippen molar-refractivity contribution in [3.8, 4) is 0 Å². The van der Waals surface area contributed by atoms with E-state index in [0.717, 1.165) is 12.1 Å². The first-order chi connectivity index (χ1) is 5.93. The van der Waals surface area contributed by atoms with Gasteiger partial charge in [-0.05, 0) is 0 Å². The Labute approximate surface area is 79.7 Å². The Kier molecular flexibility index (Phi) is 3.09. The molecule has 1 rings (SSSR count). The summed E-state index contributed by atoms with van der Waals surface area (Å²) in [7, 11) is 0. The molecular formula is C7H4F5I. The third kappa shape index (κ3) is 2.52. The fraction of sp³-hybridized carbons (Fsp3) is 0.143. The molecule has 0 spiro atoms. The summed E-state index contributed by atoms with van der Waals surface area (Å²) < 4.78 is 59.9. The zero-order valence-electron chi connectivity index (χ0n) is 6.08. The molecule has 0 amide bonds. The third-order valence-corrected chi connectivity index (χ3v) is 3.15. The van der Waals surface area contributed by atoms with Gasteiger partial charge in [-0.2, -0.15) is 0 Å². The molecule has 1 aromatic rings. The van der Waals surface area contributed by atoms with Gasteiger partial charge in [0, 0.05) is 0 Å². The van der Waals surface area contributed by atoms with E-state index < -0.39 is 36.3 Å². The molecule has 0 bridgehead atoms. The Bertz CT molecular complexity index is 293. The van der Waals surface area contributed by atoms with Crippen molar-refractivity contribution in [2.75, 3.05) is 0 Å². The van der Waals surface area contributed by atoms with Gasteiger partial charge in [-0.15, -0.1) is 0 Å². The van der Waals surface area contributed by atoms with Crippen LogP contribution >= 0.6 is 21.0 Å². The summed E-state index contributed by atoms with van der Waals surface area (Å²) in [5, 5.41) is 0. The average Bonchev–Trinajstić information content (AvgIpc) is 2.03. The second kappa shape index (κ2) is 3.77. The zero-order chi connectivity index (χ0) is 10.1. The van der Waals surface area contributed by atoms with Gasteiger partial charge in [0.05, 0.1) is 0 Å². The van der Waals surface area contributed by atoms with Gasteiger partial charge in [0.2, 0.25) is 0 Å². The van der Waals surface area contributed by atoms with Gasteiger partial charge in [-0.1, -0.05) is 0 Å². The minimum absolute atomic E-state index is 0.680. The molecule has 0 aromatic heterocycles. The average molecular weight is 310 g/mol. The van der Waals surface area contributed by atoms with Crippen molar-refractivity contribution in [2.45, 2.75) is 6.18 Å².